The molecule has 1 nitrogen and oxygen atoms in total. The second-order valence-electron chi connectivity index (χ2n) is 2.50. The van der Waals surface area contributed by atoms with Crippen LogP contribution in [0.2, 0.25) is 0 Å². The molecule has 1 unspecified atom stereocenters. The molecule has 0 aliphatic carbocycles. The van der Waals surface area contributed by atoms with E-state index in [1.165, 1.54) is 6.08 Å². The van der Waals surface area contributed by atoms with Gasteiger partial charge in [-0.15, -0.1) is 6.58 Å². The van der Waals surface area contributed by atoms with Crippen LogP contribution in [0.1, 0.15) is 5.56 Å². The number of hydrogen-bond donors (Lipinski definition) is 1. The second-order valence-corrected chi connectivity index (χ2v) is 2.50. The van der Waals surface area contributed by atoms with E-state index in [0.29, 0.717) is 0 Å². The lowest BCUT2D eigenvalue weighted by atomic mass is 10.2. The largest absolute Gasteiger partial charge is 0.385 e. The SMILES string of the molecule is C=CC(O)C=Cc1ccccc1. The summed E-state index contributed by atoms with van der Waals surface area (Å²) in [6, 6.07) is 9.83. The highest BCUT2D eigenvalue weighted by molar-refractivity contribution is 5.49. The minimum atomic E-state index is -0.551. The van der Waals surface area contributed by atoms with E-state index >= 15 is 0 Å². The fraction of sp³-hybridized carbons (Fsp3) is 0.0909. The molecule has 0 amide bonds. The van der Waals surface area contributed by atoms with Crippen molar-refractivity contribution in [2.75, 3.05) is 0 Å². The van der Waals surface area contributed by atoms with Gasteiger partial charge in [-0.1, -0.05) is 48.6 Å². The zero-order chi connectivity index (χ0) is 8.81. The van der Waals surface area contributed by atoms with Gasteiger partial charge < -0.3 is 5.11 Å². The van der Waals surface area contributed by atoms with Gasteiger partial charge in [0, 0.05) is 0 Å². The molecule has 1 aromatic carbocycles. The number of benzene rings is 1. The third kappa shape index (κ3) is 2.72. The van der Waals surface area contributed by atoms with Crippen LogP contribution < -0.4 is 0 Å². The average Bonchev–Trinajstić information content (AvgIpc) is 2.16. The van der Waals surface area contributed by atoms with E-state index < -0.39 is 6.10 Å². The second kappa shape index (κ2) is 4.52. The van der Waals surface area contributed by atoms with Crippen molar-refractivity contribution in [3.63, 3.8) is 0 Å². The molecule has 0 aliphatic heterocycles. The molecule has 1 rings (SSSR count). The van der Waals surface area contributed by atoms with Crippen LogP contribution in [0.4, 0.5) is 0 Å². The Morgan fingerprint density at radius 3 is 2.50 bits per heavy atom. The first-order chi connectivity index (χ1) is 5.83. The van der Waals surface area contributed by atoms with E-state index in [1.54, 1.807) is 6.08 Å². The molecule has 0 heterocycles. The molecule has 0 radical (unpaired) electrons. The normalized spacial score (nSPS) is 13.1. The first-order valence-corrected chi connectivity index (χ1v) is 3.87. The predicted molar refractivity (Wildman–Crippen MR) is 51.7 cm³/mol. The summed E-state index contributed by atoms with van der Waals surface area (Å²) in [5.41, 5.74) is 1.08. The van der Waals surface area contributed by atoms with E-state index in [2.05, 4.69) is 6.58 Å². The third-order valence-electron chi connectivity index (χ3n) is 1.53. The number of aliphatic hydroxyl groups excluding tert-OH is 1. The first kappa shape index (κ1) is 8.75. The van der Waals surface area contributed by atoms with Gasteiger partial charge in [-0.05, 0) is 5.56 Å². The van der Waals surface area contributed by atoms with Crippen LogP contribution in [-0.2, 0) is 0 Å². The van der Waals surface area contributed by atoms with Crippen molar-refractivity contribution in [2.45, 2.75) is 6.10 Å². The van der Waals surface area contributed by atoms with Gasteiger partial charge >= 0.3 is 0 Å². The van der Waals surface area contributed by atoms with Crippen molar-refractivity contribution >= 4 is 6.08 Å². The van der Waals surface area contributed by atoms with Crippen molar-refractivity contribution in [1.29, 1.82) is 0 Å². The Morgan fingerprint density at radius 2 is 1.92 bits per heavy atom. The maximum absolute atomic E-state index is 9.11. The van der Waals surface area contributed by atoms with Crippen LogP contribution in [0.15, 0.2) is 49.1 Å². The molecular weight excluding hydrogens is 148 g/mol. The van der Waals surface area contributed by atoms with Crippen molar-refractivity contribution in [1.82, 2.24) is 0 Å². The molecule has 0 fully saturated rings. The molecule has 12 heavy (non-hydrogen) atoms. The van der Waals surface area contributed by atoms with Gasteiger partial charge in [0.2, 0.25) is 0 Å². The third-order valence-corrected chi connectivity index (χ3v) is 1.53. The average molecular weight is 160 g/mol. The molecule has 1 heteroatoms. The molecule has 62 valence electrons. The van der Waals surface area contributed by atoms with E-state index in [1.807, 2.05) is 36.4 Å². The highest BCUT2D eigenvalue weighted by Crippen LogP contribution is 2.01. The molecule has 0 saturated carbocycles. The van der Waals surface area contributed by atoms with E-state index in [9.17, 15) is 0 Å². The van der Waals surface area contributed by atoms with Crippen LogP contribution >= 0.6 is 0 Å². The van der Waals surface area contributed by atoms with Crippen LogP contribution in [0.25, 0.3) is 6.08 Å². The lowest BCUT2D eigenvalue weighted by Gasteiger charge is -1.95. The van der Waals surface area contributed by atoms with Crippen molar-refractivity contribution in [2.24, 2.45) is 0 Å². The monoisotopic (exact) mass is 160 g/mol. The molecule has 1 N–H and O–H groups in total. The Morgan fingerprint density at radius 1 is 1.25 bits per heavy atom. The van der Waals surface area contributed by atoms with Gasteiger partial charge in [0.15, 0.2) is 0 Å². The summed E-state index contributed by atoms with van der Waals surface area (Å²) >= 11 is 0. The minimum Gasteiger partial charge on any atom is -0.385 e. The Hall–Kier alpha value is -1.34. The van der Waals surface area contributed by atoms with Gasteiger partial charge in [-0.3, -0.25) is 0 Å². The Balaban J connectivity index is 2.63. The zero-order valence-corrected chi connectivity index (χ0v) is 6.85. The summed E-state index contributed by atoms with van der Waals surface area (Å²) in [6.45, 7) is 3.47. The maximum atomic E-state index is 9.11. The topological polar surface area (TPSA) is 20.2 Å². The molecule has 0 aromatic heterocycles. The Bertz CT molecular complexity index is 262. The Kier molecular flexibility index (Phi) is 3.30. The molecule has 1 aromatic rings. The summed E-state index contributed by atoms with van der Waals surface area (Å²) in [4.78, 5) is 0. The van der Waals surface area contributed by atoms with Gasteiger partial charge in [0.1, 0.15) is 0 Å². The van der Waals surface area contributed by atoms with Crippen LogP contribution in [0.3, 0.4) is 0 Å². The number of hydrogen-bond acceptors (Lipinski definition) is 1. The van der Waals surface area contributed by atoms with Crippen molar-refractivity contribution < 1.29 is 5.11 Å². The smallest absolute Gasteiger partial charge is 0.0903 e. The Labute approximate surface area is 72.7 Å². The lowest BCUT2D eigenvalue weighted by molar-refractivity contribution is 0.273. The van der Waals surface area contributed by atoms with Gasteiger partial charge in [-0.2, -0.15) is 0 Å². The molecule has 0 aliphatic rings. The van der Waals surface area contributed by atoms with E-state index in [0.717, 1.165) is 5.56 Å². The van der Waals surface area contributed by atoms with E-state index in [-0.39, 0.29) is 0 Å². The summed E-state index contributed by atoms with van der Waals surface area (Å²) < 4.78 is 0. The van der Waals surface area contributed by atoms with Crippen molar-refractivity contribution in [3.8, 4) is 0 Å². The van der Waals surface area contributed by atoms with Gasteiger partial charge in [0.25, 0.3) is 0 Å². The highest BCUT2D eigenvalue weighted by atomic mass is 16.3. The van der Waals surface area contributed by atoms with Crippen LogP contribution in [0, 0.1) is 0 Å². The van der Waals surface area contributed by atoms with Crippen LogP contribution in [0.5, 0.6) is 0 Å². The number of aliphatic hydroxyl groups is 1. The zero-order valence-electron chi connectivity index (χ0n) is 6.85. The molecule has 1 atom stereocenters. The summed E-state index contributed by atoms with van der Waals surface area (Å²) in [5.74, 6) is 0. The quantitative estimate of drug-likeness (QED) is 0.672. The summed E-state index contributed by atoms with van der Waals surface area (Å²) in [5, 5.41) is 9.11. The highest BCUT2D eigenvalue weighted by Gasteiger charge is 1.88. The molecule has 0 spiro atoms. The lowest BCUT2D eigenvalue weighted by Crippen LogP contribution is -1.93. The number of rotatable bonds is 3. The van der Waals surface area contributed by atoms with Gasteiger partial charge in [0.05, 0.1) is 6.10 Å². The first-order valence-electron chi connectivity index (χ1n) is 3.87. The van der Waals surface area contributed by atoms with Gasteiger partial charge in [-0.25, -0.2) is 0 Å². The van der Waals surface area contributed by atoms with E-state index in [4.69, 9.17) is 5.11 Å². The standard InChI is InChI=1S/C11H12O/c1-2-11(12)9-8-10-6-4-3-5-7-10/h2-9,11-12H,1H2. The summed E-state index contributed by atoms with van der Waals surface area (Å²) in [6.07, 6.45) is 4.50. The van der Waals surface area contributed by atoms with Crippen molar-refractivity contribution in [3.05, 3.63) is 54.6 Å². The molecular formula is C11H12O. The predicted octanol–water partition coefficient (Wildman–Crippen LogP) is 2.25. The maximum Gasteiger partial charge on any atom is 0.0903 e. The molecule has 0 bridgehead atoms. The minimum absolute atomic E-state index is 0.551. The summed E-state index contributed by atoms with van der Waals surface area (Å²) in [7, 11) is 0. The molecule has 0 saturated heterocycles. The fourth-order valence-electron chi connectivity index (χ4n) is 0.852. The van der Waals surface area contributed by atoms with Crippen LogP contribution in [-0.4, -0.2) is 11.2 Å². The fourth-order valence-corrected chi connectivity index (χ4v) is 0.852.